The summed E-state index contributed by atoms with van der Waals surface area (Å²) in [6.07, 6.45) is 3.56. The molecule has 2 heterocycles. The number of fused-ring (bicyclic) bond motifs is 3. The van der Waals surface area contributed by atoms with Crippen molar-refractivity contribution in [3.05, 3.63) is 67.0 Å². The number of thiocarbonyl (C=S) groups is 1. The molecular weight excluding hydrogens is 356 g/mol. The van der Waals surface area contributed by atoms with Crippen molar-refractivity contribution in [1.82, 2.24) is 9.97 Å². The lowest BCUT2D eigenvalue weighted by Crippen LogP contribution is -2.30. The molecule has 0 aliphatic heterocycles. The zero-order chi connectivity index (χ0) is 18.8. The van der Waals surface area contributed by atoms with Crippen molar-refractivity contribution in [2.45, 2.75) is 0 Å². The molecule has 0 aliphatic rings. The average molecular weight is 374 g/mol. The molecule has 0 bridgehead atoms. The smallest absolute Gasteiger partial charge is 0.177 e. The first-order chi connectivity index (χ1) is 13.2. The molecule has 4 aromatic rings. The van der Waals surface area contributed by atoms with Crippen LogP contribution in [0.2, 0.25) is 0 Å². The van der Waals surface area contributed by atoms with E-state index in [1.807, 2.05) is 60.5 Å². The summed E-state index contributed by atoms with van der Waals surface area (Å²) in [5, 5.41) is 5.95. The Balaban J connectivity index is 1.70. The number of nitrogens with one attached hydrogen (secondary N) is 1. The average Bonchev–Trinajstić information content (AvgIpc) is 2.73. The Morgan fingerprint density at radius 2 is 1.70 bits per heavy atom. The van der Waals surface area contributed by atoms with Gasteiger partial charge in [-0.25, -0.2) is 0 Å². The number of rotatable bonds is 3. The molecule has 0 fully saturated rings. The van der Waals surface area contributed by atoms with E-state index in [9.17, 15) is 0 Å². The van der Waals surface area contributed by atoms with Gasteiger partial charge in [-0.1, -0.05) is 6.07 Å². The summed E-state index contributed by atoms with van der Waals surface area (Å²) in [5.41, 5.74) is 3.61. The minimum atomic E-state index is 0.591. The molecule has 0 amide bonds. The Morgan fingerprint density at radius 1 is 1.00 bits per heavy atom. The van der Waals surface area contributed by atoms with Gasteiger partial charge in [0.25, 0.3) is 0 Å². The molecule has 6 heteroatoms. The summed E-state index contributed by atoms with van der Waals surface area (Å²) in [6, 6.07) is 17.7. The fourth-order valence-corrected chi connectivity index (χ4v) is 3.22. The predicted molar refractivity (Wildman–Crippen MR) is 115 cm³/mol. The Labute approximate surface area is 162 Å². The van der Waals surface area contributed by atoms with Crippen LogP contribution in [0.3, 0.4) is 0 Å². The van der Waals surface area contributed by atoms with Gasteiger partial charge in [0.15, 0.2) is 5.11 Å². The number of methoxy groups -OCH3 is 1. The topological polar surface area (TPSA) is 50.3 Å². The summed E-state index contributed by atoms with van der Waals surface area (Å²) < 4.78 is 5.21. The first-order valence-electron chi connectivity index (χ1n) is 8.48. The summed E-state index contributed by atoms with van der Waals surface area (Å²) in [6.45, 7) is 0. The van der Waals surface area contributed by atoms with Crippen LogP contribution in [0.4, 0.5) is 11.4 Å². The maximum absolute atomic E-state index is 5.64. The molecule has 27 heavy (non-hydrogen) atoms. The molecule has 0 spiro atoms. The molecule has 134 valence electrons. The van der Waals surface area contributed by atoms with Crippen molar-refractivity contribution in [3.63, 3.8) is 0 Å². The zero-order valence-corrected chi connectivity index (χ0v) is 15.8. The minimum Gasteiger partial charge on any atom is -0.497 e. The molecule has 0 aliphatic carbocycles. The standard InChI is InChI=1S/C21H18N4OS/c1-25(15-7-9-16(26-2)10-8-15)21(27)24-18-13-14-5-3-11-22-19(14)20-17(18)6-4-12-23-20/h3-13H,1-2H3,(H,24,27). The highest BCUT2D eigenvalue weighted by Gasteiger charge is 2.12. The highest BCUT2D eigenvalue weighted by molar-refractivity contribution is 7.80. The number of ether oxygens (including phenoxy) is 1. The molecule has 0 saturated carbocycles. The first-order valence-corrected chi connectivity index (χ1v) is 8.89. The Kier molecular flexibility index (Phi) is 4.56. The normalized spacial score (nSPS) is 10.7. The van der Waals surface area contributed by atoms with Gasteiger partial charge in [0.05, 0.1) is 23.8 Å². The van der Waals surface area contributed by atoms with Gasteiger partial charge >= 0.3 is 0 Å². The lowest BCUT2D eigenvalue weighted by molar-refractivity contribution is 0.415. The zero-order valence-electron chi connectivity index (χ0n) is 15.0. The lowest BCUT2D eigenvalue weighted by atomic mass is 10.1. The van der Waals surface area contributed by atoms with Crippen molar-refractivity contribution < 1.29 is 4.74 Å². The third-order valence-corrected chi connectivity index (χ3v) is 4.84. The van der Waals surface area contributed by atoms with E-state index < -0.39 is 0 Å². The SMILES string of the molecule is COc1ccc(N(C)C(=S)Nc2cc3cccnc3c3ncccc23)cc1. The van der Waals surface area contributed by atoms with E-state index >= 15 is 0 Å². The van der Waals surface area contributed by atoms with Crippen LogP contribution in [0.25, 0.3) is 21.8 Å². The van der Waals surface area contributed by atoms with Gasteiger partial charge < -0.3 is 15.0 Å². The largest absolute Gasteiger partial charge is 0.497 e. The van der Waals surface area contributed by atoms with E-state index in [0.717, 1.165) is 38.9 Å². The molecule has 0 saturated heterocycles. The molecule has 4 rings (SSSR count). The van der Waals surface area contributed by atoms with E-state index in [1.165, 1.54) is 0 Å². The second-order valence-corrected chi connectivity index (χ2v) is 6.47. The summed E-state index contributed by atoms with van der Waals surface area (Å²) >= 11 is 5.64. The van der Waals surface area contributed by atoms with Gasteiger partial charge in [-0.2, -0.15) is 0 Å². The monoisotopic (exact) mass is 374 g/mol. The molecule has 2 aromatic carbocycles. The Morgan fingerprint density at radius 3 is 2.44 bits per heavy atom. The van der Waals surface area contributed by atoms with Crippen molar-refractivity contribution in [1.29, 1.82) is 0 Å². The quantitative estimate of drug-likeness (QED) is 0.417. The maximum atomic E-state index is 5.64. The van der Waals surface area contributed by atoms with E-state index in [0.29, 0.717) is 5.11 Å². The van der Waals surface area contributed by atoms with E-state index in [-0.39, 0.29) is 0 Å². The molecular formula is C21H18N4OS. The second kappa shape index (κ2) is 7.17. The first kappa shape index (κ1) is 17.2. The Bertz CT molecular complexity index is 1130. The summed E-state index contributed by atoms with van der Waals surface area (Å²) in [5.74, 6) is 0.810. The van der Waals surface area contributed by atoms with E-state index in [4.69, 9.17) is 17.0 Å². The van der Waals surface area contributed by atoms with Gasteiger partial charge in [0.1, 0.15) is 5.75 Å². The van der Waals surface area contributed by atoms with Crippen LogP contribution in [0.5, 0.6) is 5.75 Å². The van der Waals surface area contributed by atoms with Crippen molar-refractivity contribution in [2.75, 3.05) is 24.4 Å². The number of benzene rings is 2. The summed E-state index contributed by atoms with van der Waals surface area (Å²) in [4.78, 5) is 10.9. The third kappa shape index (κ3) is 3.27. The lowest BCUT2D eigenvalue weighted by Gasteiger charge is -2.22. The number of nitrogens with zero attached hydrogens (tertiary/aromatic N) is 3. The van der Waals surface area contributed by atoms with Crippen LogP contribution in [-0.4, -0.2) is 29.2 Å². The molecule has 5 nitrogen and oxygen atoms in total. The third-order valence-electron chi connectivity index (χ3n) is 4.47. The number of aromatic nitrogens is 2. The van der Waals surface area contributed by atoms with Crippen LogP contribution >= 0.6 is 12.2 Å². The molecule has 0 atom stereocenters. The van der Waals surface area contributed by atoms with Crippen molar-refractivity contribution in [2.24, 2.45) is 0 Å². The highest BCUT2D eigenvalue weighted by Crippen LogP contribution is 2.29. The van der Waals surface area contributed by atoms with Crippen LogP contribution in [0, 0.1) is 0 Å². The molecule has 2 aromatic heterocycles. The number of hydrogen-bond donors (Lipinski definition) is 1. The van der Waals surface area contributed by atoms with E-state index in [2.05, 4.69) is 21.4 Å². The highest BCUT2D eigenvalue weighted by atomic mass is 32.1. The number of anilines is 2. The maximum Gasteiger partial charge on any atom is 0.177 e. The van der Waals surface area contributed by atoms with Crippen molar-refractivity contribution in [3.8, 4) is 5.75 Å². The van der Waals surface area contributed by atoms with Crippen LogP contribution in [0.1, 0.15) is 0 Å². The van der Waals surface area contributed by atoms with Gasteiger partial charge in [-0.15, -0.1) is 0 Å². The van der Waals surface area contributed by atoms with Gasteiger partial charge in [0, 0.05) is 35.9 Å². The van der Waals surface area contributed by atoms with Crippen LogP contribution in [-0.2, 0) is 0 Å². The van der Waals surface area contributed by atoms with Crippen LogP contribution < -0.4 is 15.0 Å². The molecule has 0 radical (unpaired) electrons. The summed E-state index contributed by atoms with van der Waals surface area (Å²) in [7, 11) is 3.58. The fraction of sp³-hybridized carbons (Fsp3) is 0.0952. The number of hydrogen-bond acceptors (Lipinski definition) is 4. The predicted octanol–water partition coefficient (Wildman–Crippen LogP) is 4.62. The number of pyridine rings is 2. The fourth-order valence-electron chi connectivity index (χ4n) is 3.00. The van der Waals surface area contributed by atoms with Crippen LogP contribution in [0.15, 0.2) is 67.0 Å². The molecule has 1 N–H and O–H groups in total. The minimum absolute atomic E-state index is 0.591. The van der Waals surface area contributed by atoms with Gasteiger partial charge in [-0.05, 0) is 60.7 Å². The molecule has 0 unspecified atom stereocenters. The van der Waals surface area contributed by atoms with E-state index in [1.54, 1.807) is 19.5 Å². The van der Waals surface area contributed by atoms with Gasteiger partial charge in [0.2, 0.25) is 0 Å². The van der Waals surface area contributed by atoms with Crippen molar-refractivity contribution >= 4 is 50.5 Å². The van der Waals surface area contributed by atoms with Gasteiger partial charge in [-0.3, -0.25) is 9.97 Å². The second-order valence-electron chi connectivity index (χ2n) is 6.09. The Hall–Kier alpha value is -3.25.